The monoisotopic (exact) mass is 284 g/mol. The third-order valence-corrected chi connectivity index (χ3v) is 3.05. The van der Waals surface area contributed by atoms with Gasteiger partial charge in [-0.2, -0.15) is 0 Å². The first-order valence-corrected chi connectivity index (χ1v) is 6.24. The van der Waals surface area contributed by atoms with Crippen molar-refractivity contribution in [3.8, 4) is 11.5 Å². The lowest BCUT2D eigenvalue weighted by Crippen LogP contribution is -2.03. The van der Waals surface area contributed by atoms with E-state index >= 15 is 0 Å². The topological polar surface area (TPSA) is 84.1 Å². The standard InChI is InChI=1S/C15H12N2O4/c18-12-2-4-13(5-3-12)21-9-11-7-16-14-6-1-10(15(19)20)8-17(11)14/h1-8,18H,9H2,(H,19,20). The van der Waals surface area contributed by atoms with E-state index in [4.69, 9.17) is 9.84 Å². The zero-order valence-electron chi connectivity index (χ0n) is 10.9. The molecule has 2 N–H and O–H groups in total. The number of carbonyl (C=O) groups is 1. The summed E-state index contributed by atoms with van der Waals surface area (Å²) in [5.41, 5.74) is 1.58. The van der Waals surface area contributed by atoms with Gasteiger partial charge >= 0.3 is 5.97 Å². The first kappa shape index (κ1) is 13.0. The van der Waals surface area contributed by atoms with Crippen LogP contribution in [0.15, 0.2) is 48.8 Å². The number of ether oxygens (including phenoxy) is 1. The van der Waals surface area contributed by atoms with Gasteiger partial charge in [0.15, 0.2) is 0 Å². The normalized spacial score (nSPS) is 10.7. The molecule has 0 saturated carbocycles. The fourth-order valence-electron chi connectivity index (χ4n) is 1.96. The predicted octanol–water partition coefficient (Wildman–Crippen LogP) is 2.32. The average Bonchev–Trinajstić information content (AvgIpc) is 2.89. The molecule has 0 amide bonds. The van der Waals surface area contributed by atoms with E-state index in [2.05, 4.69) is 4.98 Å². The molecule has 0 aliphatic carbocycles. The molecule has 0 spiro atoms. The van der Waals surface area contributed by atoms with E-state index < -0.39 is 5.97 Å². The molecular weight excluding hydrogens is 272 g/mol. The number of nitrogens with zero attached hydrogens (tertiary/aromatic N) is 2. The fourth-order valence-corrected chi connectivity index (χ4v) is 1.96. The van der Waals surface area contributed by atoms with E-state index in [1.165, 1.54) is 24.4 Å². The van der Waals surface area contributed by atoms with Crippen LogP contribution in [0.25, 0.3) is 5.65 Å². The zero-order chi connectivity index (χ0) is 14.8. The summed E-state index contributed by atoms with van der Waals surface area (Å²) in [6.45, 7) is 0.245. The Morgan fingerprint density at radius 2 is 1.95 bits per heavy atom. The number of aromatic carboxylic acids is 1. The molecule has 0 unspecified atom stereocenters. The number of carboxylic acids is 1. The Hall–Kier alpha value is -3.02. The number of aromatic hydroxyl groups is 1. The Morgan fingerprint density at radius 3 is 2.67 bits per heavy atom. The van der Waals surface area contributed by atoms with Crippen molar-refractivity contribution in [3.05, 3.63) is 60.0 Å². The van der Waals surface area contributed by atoms with Gasteiger partial charge in [-0.05, 0) is 36.4 Å². The van der Waals surface area contributed by atoms with Crippen LogP contribution >= 0.6 is 0 Å². The molecule has 0 atom stereocenters. The van der Waals surface area contributed by atoms with E-state index in [0.717, 1.165) is 5.69 Å². The second-order valence-electron chi connectivity index (χ2n) is 4.48. The van der Waals surface area contributed by atoms with Crippen molar-refractivity contribution in [1.29, 1.82) is 0 Å². The highest BCUT2D eigenvalue weighted by Crippen LogP contribution is 2.18. The summed E-state index contributed by atoms with van der Waals surface area (Å²) in [6, 6.07) is 9.53. The third-order valence-electron chi connectivity index (χ3n) is 3.05. The SMILES string of the molecule is O=C(O)c1ccc2ncc(COc3ccc(O)cc3)n2c1. The van der Waals surface area contributed by atoms with Crippen LogP contribution < -0.4 is 4.74 Å². The zero-order valence-corrected chi connectivity index (χ0v) is 10.9. The minimum absolute atomic E-state index is 0.170. The van der Waals surface area contributed by atoms with Crippen LogP contribution in [0.4, 0.5) is 0 Å². The summed E-state index contributed by atoms with van der Waals surface area (Å²) in [6.07, 6.45) is 3.15. The van der Waals surface area contributed by atoms with E-state index in [1.807, 2.05) is 0 Å². The largest absolute Gasteiger partial charge is 0.508 e. The molecule has 0 fully saturated rings. The molecular formula is C15H12N2O4. The highest BCUT2D eigenvalue weighted by molar-refractivity contribution is 5.87. The molecule has 1 aromatic carbocycles. The van der Waals surface area contributed by atoms with E-state index in [1.54, 1.807) is 28.8 Å². The van der Waals surface area contributed by atoms with Crippen molar-refractivity contribution in [2.75, 3.05) is 0 Å². The number of phenolic OH excluding ortho intramolecular Hbond substituents is 1. The van der Waals surface area contributed by atoms with Crippen LogP contribution in [-0.2, 0) is 6.61 Å². The maximum absolute atomic E-state index is 11.0. The molecule has 6 nitrogen and oxygen atoms in total. The molecule has 0 aliphatic heterocycles. The van der Waals surface area contributed by atoms with Gasteiger partial charge in [-0.25, -0.2) is 9.78 Å². The van der Waals surface area contributed by atoms with Crippen molar-refractivity contribution < 1.29 is 19.7 Å². The van der Waals surface area contributed by atoms with Gasteiger partial charge in [0.05, 0.1) is 17.5 Å². The number of hydrogen-bond acceptors (Lipinski definition) is 4. The number of pyridine rings is 1. The smallest absolute Gasteiger partial charge is 0.337 e. The molecule has 6 heteroatoms. The summed E-state index contributed by atoms with van der Waals surface area (Å²) in [5, 5.41) is 18.2. The maximum atomic E-state index is 11.0. The number of rotatable bonds is 4. The van der Waals surface area contributed by atoms with Crippen molar-refractivity contribution in [3.63, 3.8) is 0 Å². The first-order valence-electron chi connectivity index (χ1n) is 6.24. The van der Waals surface area contributed by atoms with Crippen molar-refractivity contribution in [2.45, 2.75) is 6.61 Å². The van der Waals surface area contributed by atoms with Gasteiger partial charge in [0.1, 0.15) is 23.8 Å². The summed E-state index contributed by atoms with van der Waals surface area (Å²) < 4.78 is 7.28. The van der Waals surface area contributed by atoms with E-state index in [-0.39, 0.29) is 17.9 Å². The molecule has 2 aromatic heterocycles. The Kier molecular flexibility index (Phi) is 3.19. The second kappa shape index (κ2) is 5.16. The second-order valence-corrected chi connectivity index (χ2v) is 4.48. The van der Waals surface area contributed by atoms with Crippen molar-refractivity contribution in [2.24, 2.45) is 0 Å². The molecule has 0 radical (unpaired) electrons. The quantitative estimate of drug-likeness (QED) is 0.768. The maximum Gasteiger partial charge on any atom is 0.337 e. The van der Waals surface area contributed by atoms with Gasteiger partial charge in [0, 0.05) is 6.20 Å². The minimum Gasteiger partial charge on any atom is -0.508 e. The lowest BCUT2D eigenvalue weighted by Gasteiger charge is -2.06. The number of hydrogen-bond donors (Lipinski definition) is 2. The lowest BCUT2D eigenvalue weighted by molar-refractivity contribution is 0.0696. The van der Waals surface area contributed by atoms with Crippen LogP contribution in [0.3, 0.4) is 0 Å². The summed E-state index contributed by atoms with van der Waals surface area (Å²) >= 11 is 0. The van der Waals surface area contributed by atoms with Crippen molar-refractivity contribution >= 4 is 11.6 Å². The number of fused-ring (bicyclic) bond motifs is 1. The third kappa shape index (κ3) is 2.64. The van der Waals surface area contributed by atoms with Gasteiger partial charge < -0.3 is 14.9 Å². The number of imidazole rings is 1. The molecule has 0 bridgehead atoms. The van der Waals surface area contributed by atoms with E-state index in [0.29, 0.717) is 11.4 Å². The van der Waals surface area contributed by atoms with Gasteiger partial charge in [0.2, 0.25) is 0 Å². The summed E-state index contributed by atoms with van der Waals surface area (Å²) in [4.78, 5) is 15.2. The Morgan fingerprint density at radius 1 is 1.19 bits per heavy atom. The summed E-state index contributed by atoms with van der Waals surface area (Å²) in [5.74, 6) is -0.212. The van der Waals surface area contributed by atoms with Crippen LogP contribution in [0.1, 0.15) is 16.1 Å². The predicted molar refractivity (Wildman–Crippen MR) is 74.6 cm³/mol. The Balaban J connectivity index is 1.84. The number of phenols is 1. The number of carboxylic acid groups (broad SMARTS) is 1. The Labute approximate surface area is 119 Å². The van der Waals surface area contributed by atoms with Crippen LogP contribution in [0, 0.1) is 0 Å². The highest BCUT2D eigenvalue weighted by Gasteiger charge is 2.08. The van der Waals surface area contributed by atoms with Gasteiger partial charge in [-0.15, -0.1) is 0 Å². The lowest BCUT2D eigenvalue weighted by atomic mass is 10.3. The summed E-state index contributed by atoms with van der Waals surface area (Å²) in [7, 11) is 0. The van der Waals surface area contributed by atoms with Crippen LogP contribution in [-0.4, -0.2) is 25.6 Å². The van der Waals surface area contributed by atoms with Gasteiger partial charge in [-0.3, -0.25) is 4.40 Å². The van der Waals surface area contributed by atoms with Gasteiger partial charge in [-0.1, -0.05) is 0 Å². The van der Waals surface area contributed by atoms with Crippen molar-refractivity contribution in [1.82, 2.24) is 9.38 Å². The molecule has 2 heterocycles. The van der Waals surface area contributed by atoms with Gasteiger partial charge in [0.25, 0.3) is 0 Å². The number of aromatic nitrogens is 2. The van der Waals surface area contributed by atoms with E-state index in [9.17, 15) is 9.90 Å². The molecule has 3 aromatic rings. The first-order chi connectivity index (χ1) is 10.1. The molecule has 3 rings (SSSR count). The Bertz CT molecular complexity index is 793. The number of benzene rings is 1. The highest BCUT2D eigenvalue weighted by atomic mass is 16.5. The molecule has 21 heavy (non-hydrogen) atoms. The molecule has 0 saturated heterocycles. The minimum atomic E-state index is -0.990. The molecule has 106 valence electrons. The average molecular weight is 284 g/mol. The fraction of sp³-hybridized carbons (Fsp3) is 0.0667. The van der Waals surface area contributed by atoms with Crippen LogP contribution in [0.5, 0.6) is 11.5 Å². The van der Waals surface area contributed by atoms with Crippen LogP contribution in [0.2, 0.25) is 0 Å². The molecule has 0 aliphatic rings.